The molecule has 4 rings (SSSR count). The first kappa shape index (κ1) is 18.9. The molecule has 29 heavy (non-hydrogen) atoms. The van der Waals surface area contributed by atoms with E-state index in [0.29, 0.717) is 16.7 Å². The number of ether oxygens (including phenoxy) is 1. The number of pyridine rings is 1. The van der Waals surface area contributed by atoms with Crippen LogP contribution in [-0.4, -0.2) is 27.8 Å². The number of nitrogens with one attached hydrogen (secondary N) is 1. The number of carbonyl (C=O) groups excluding carboxylic acids is 1. The molecule has 0 aliphatic rings. The van der Waals surface area contributed by atoms with Crippen LogP contribution in [0.3, 0.4) is 0 Å². The first-order chi connectivity index (χ1) is 14.0. The van der Waals surface area contributed by atoms with Gasteiger partial charge >= 0.3 is 0 Å². The quantitative estimate of drug-likeness (QED) is 0.525. The number of carbonyl (C=O) groups is 1. The molecule has 0 atom stereocenters. The zero-order valence-electron chi connectivity index (χ0n) is 15.6. The van der Waals surface area contributed by atoms with E-state index < -0.39 is 11.7 Å². The Morgan fingerprint density at radius 3 is 2.59 bits per heavy atom. The molecule has 1 amide bonds. The summed E-state index contributed by atoms with van der Waals surface area (Å²) in [7, 11) is 1.59. The van der Waals surface area contributed by atoms with Gasteiger partial charge < -0.3 is 10.1 Å². The van der Waals surface area contributed by atoms with Gasteiger partial charge in [0, 0.05) is 6.20 Å². The Morgan fingerprint density at radius 1 is 1.17 bits per heavy atom. The molecule has 6 nitrogen and oxygen atoms in total. The number of amides is 1. The molecule has 0 saturated heterocycles. The molecule has 4 aromatic rings. The standard InChI is InChI=1S/C21H16ClFN4O2/c1-12-18-19(22)15(21(28)25-17-6-4-3-5-16(17)23)11-24-20(18)27(26-12)13-7-9-14(29-2)10-8-13/h3-11H,1-2H3,(H,25,28). The highest BCUT2D eigenvalue weighted by atomic mass is 35.5. The Hall–Kier alpha value is -3.45. The summed E-state index contributed by atoms with van der Waals surface area (Å²) < 4.78 is 20.7. The molecule has 2 aromatic heterocycles. The summed E-state index contributed by atoms with van der Waals surface area (Å²) in [5.74, 6) is -0.361. The minimum Gasteiger partial charge on any atom is -0.497 e. The van der Waals surface area contributed by atoms with E-state index in [9.17, 15) is 9.18 Å². The van der Waals surface area contributed by atoms with Crippen LogP contribution in [0, 0.1) is 12.7 Å². The van der Waals surface area contributed by atoms with Crippen LogP contribution in [0.15, 0.2) is 54.7 Å². The van der Waals surface area contributed by atoms with Crippen molar-refractivity contribution in [3.63, 3.8) is 0 Å². The van der Waals surface area contributed by atoms with Gasteiger partial charge in [0.05, 0.1) is 40.2 Å². The maximum absolute atomic E-state index is 13.8. The van der Waals surface area contributed by atoms with Crippen molar-refractivity contribution >= 4 is 34.2 Å². The number of aromatic nitrogens is 3. The predicted octanol–water partition coefficient (Wildman–Crippen LogP) is 4.78. The number of aryl methyl sites for hydroxylation is 1. The lowest BCUT2D eigenvalue weighted by atomic mass is 10.2. The smallest absolute Gasteiger partial charge is 0.258 e. The number of halogens is 2. The van der Waals surface area contributed by atoms with Gasteiger partial charge in [-0.15, -0.1) is 0 Å². The second kappa shape index (κ2) is 7.52. The summed E-state index contributed by atoms with van der Waals surface area (Å²) in [6.07, 6.45) is 1.36. The largest absolute Gasteiger partial charge is 0.497 e. The lowest BCUT2D eigenvalue weighted by Crippen LogP contribution is -2.14. The molecular formula is C21H16ClFN4O2. The van der Waals surface area contributed by atoms with Gasteiger partial charge in [-0.3, -0.25) is 4.79 Å². The average molecular weight is 411 g/mol. The maximum atomic E-state index is 13.8. The topological polar surface area (TPSA) is 69.0 Å². The molecule has 0 aliphatic carbocycles. The summed E-state index contributed by atoms with van der Waals surface area (Å²) in [4.78, 5) is 17.0. The number of nitrogens with zero attached hydrogens (tertiary/aromatic N) is 3. The Balaban J connectivity index is 1.75. The highest BCUT2D eigenvalue weighted by molar-refractivity contribution is 6.39. The monoisotopic (exact) mass is 410 g/mol. The summed E-state index contributed by atoms with van der Waals surface area (Å²) in [6, 6.07) is 13.2. The van der Waals surface area contributed by atoms with Crippen molar-refractivity contribution in [3.8, 4) is 11.4 Å². The molecule has 2 heterocycles. The number of para-hydroxylation sites is 1. The van der Waals surface area contributed by atoms with E-state index in [1.165, 1.54) is 18.3 Å². The van der Waals surface area contributed by atoms with Crippen LogP contribution in [-0.2, 0) is 0 Å². The van der Waals surface area contributed by atoms with Crippen molar-refractivity contribution in [2.75, 3.05) is 12.4 Å². The van der Waals surface area contributed by atoms with Crippen LogP contribution in [0.2, 0.25) is 5.02 Å². The van der Waals surface area contributed by atoms with Gasteiger partial charge in [0.2, 0.25) is 0 Å². The molecule has 2 aromatic carbocycles. The van der Waals surface area contributed by atoms with Gasteiger partial charge in [-0.1, -0.05) is 23.7 Å². The van der Waals surface area contributed by atoms with E-state index in [1.54, 1.807) is 30.8 Å². The van der Waals surface area contributed by atoms with Crippen LogP contribution in [0.1, 0.15) is 16.1 Å². The number of rotatable bonds is 4. The van der Waals surface area contributed by atoms with Gasteiger partial charge in [0.25, 0.3) is 5.91 Å². The van der Waals surface area contributed by atoms with Crippen molar-refractivity contribution < 1.29 is 13.9 Å². The highest BCUT2D eigenvalue weighted by Gasteiger charge is 2.20. The number of benzene rings is 2. The number of hydrogen-bond donors (Lipinski definition) is 1. The third-order valence-electron chi connectivity index (χ3n) is 4.49. The number of anilines is 1. The molecule has 146 valence electrons. The highest BCUT2D eigenvalue weighted by Crippen LogP contribution is 2.31. The summed E-state index contributed by atoms with van der Waals surface area (Å²) >= 11 is 6.53. The fourth-order valence-corrected chi connectivity index (χ4v) is 3.38. The van der Waals surface area contributed by atoms with Crippen molar-refractivity contribution in [1.82, 2.24) is 14.8 Å². The van der Waals surface area contributed by atoms with Crippen molar-refractivity contribution in [1.29, 1.82) is 0 Å². The molecule has 8 heteroatoms. The van der Waals surface area contributed by atoms with Crippen molar-refractivity contribution in [2.45, 2.75) is 6.92 Å². The number of methoxy groups -OCH3 is 1. The first-order valence-corrected chi connectivity index (χ1v) is 9.11. The zero-order valence-corrected chi connectivity index (χ0v) is 16.4. The molecule has 0 unspecified atom stereocenters. The Bertz CT molecular complexity index is 1220. The predicted molar refractivity (Wildman–Crippen MR) is 110 cm³/mol. The van der Waals surface area contributed by atoms with Crippen LogP contribution < -0.4 is 10.1 Å². The Kier molecular flexibility index (Phi) is 4.90. The van der Waals surface area contributed by atoms with Crippen molar-refractivity contribution in [3.05, 3.63) is 76.8 Å². The van der Waals surface area contributed by atoms with Gasteiger partial charge in [-0.25, -0.2) is 14.1 Å². The maximum Gasteiger partial charge on any atom is 0.258 e. The number of fused-ring (bicyclic) bond motifs is 1. The zero-order chi connectivity index (χ0) is 20.5. The van der Waals surface area contributed by atoms with Crippen molar-refractivity contribution in [2.24, 2.45) is 0 Å². The van der Waals surface area contributed by atoms with Crippen LogP contribution in [0.25, 0.3) is 16.7 Å². The van der Waals surface area contributed by atoms with Crippen LogP contribution >= 0.6 is 11.6 Å². The van der Waals surface area contributed by atoms with E-state index in [2.05, 4.69) is 15.4 Å². The van der Waals surface area contributed by atoms with E-state index in [1.807, 2.05) is 24.3 Å². The lowest BCUT2D eigenvalue weighted by molar-refractivity contribution is 0.102. The molecule has 0 spiro atoms. The minimum absolute atomic E-state index is 0.0688. The van der Waals surface area contributed by atoms with Gasteiger partial charge in [0.1, 0.15) is 11.6 Å². The fraction of sp³-hybridized carbons (Fsp3) is 0.0952. The molecule has 1 N–H and O–H groups in total. The van der Waals surface area contributed by atoms with E-state index in [0.717, 1.165) is 11.4 Å². The fourth-order valence-electron chi connectivity index (χ4n) is 3.02. The molecule has 0 bridgehead atoms. The SMILES string of the molecule is COc1ccc(-n2nc(C)c3c(Cl)c(C(=O)Nc4ccccc4F)cnc32)cc1. The number of hydrogen-bond acceptors (Lipinski definition) is 4. The summed E-state index contributed by atoms with van der Waals surface area (Å²) in [6.45, 7) is 1.79. The molecule has 0 radical (unpaired) electrons. The third-order valence-corrected chi connectivity index (χ3v) is 4.88. The summed E-state index contributed by atoms with van der Waals surface area (Å²) in [5.41, 5.74) is 2.11. The molecule has 0 saturated carbocycles. The van der Waals surface area contributed by atoms with Crippen LogP contribution in [0.4, 0.5) is 10.1 Å². The van der Waals surface area contributed by atoms with Gasteiger partial charge in [0.15, 0.2) is 5.65 Å². The minimum atomic E-state index is -0.550. The molecule has 0 aliphatic heterocycles. The normalized spacial score (nSPS) is 10.9. The Morgan fingerprint density at radius 2 is 1.90 bits per heavy atom. The first-order valence-electron chi connectivity index (χ1n) is 8.73. The van der Waals surface area contributed by atoms with E-state index in [-0.39, 0.29) is 16.3 Å². The van der Waals surface area contributed by atoms with Gasteiger partial charge in [-0.2, -0.15) is 5.10 Å². The van der Waals surface area contributed by atoms with E-state index >= 15 is 0 Å². The third kappa shape index (κ3) is 3.40. The second-order valence-corrected chi connectivity index (χ2v) is 6.69. The second-order valence-electron chi connectivity index (χ2n) is 6.31. The van der Waals surface area contributed by atoms with Gasteiger partial charge in [-0.05, 0) is 43.3 Å². The van der Waals surface area contributed by atoms with Crippen LogP contribution in [0.5, 0.6) is 5.75 Å². The Labute approximate surface area is 170 Å². The van der Waals surface area contributed by atoms with E-state index in [4.69, 9.17) is 16.3 Å². The summed E-state index contributed by atoms with van der Waals surface area (Å²) in [5, 5.41) is 7.80. The lowest BCUT2D eigenvalue weighted by Gasteiger charge is -2.09. The average Bonchev–Trinajstić information content (AvgIpc) is 3.07. The molecular weight excluding hydrogens is 395 g/mol. The molecule has 0 fully saturated rings.